The monoisotopic (exact) mass is 452 g/mol. The molecule has 0 aromatic heterocycles. The molecule has 2 fully saturated rings. The molecule has 0 aliphatic carbocycles. The smallest absolute Gasteiger partial charge is 0.255 e. The van der Waals surface area contributed by atoms with Gasteiger partial charge in [0.05, 0.1) is 21.1 Å². The van der Waals surface area contributed by atoms with Crippen LogP contribution in [0.4, 0.5) is 0 Å². The summed E-state index contributed by atoms with van der Waals surface area (Å²) in [6.45, 7) is 4.36. The molecule has 8 nitrogen and oxygen atoms in total. The van der Waals surface area contributed by atoms with Crippen LogP contribution in [-0.4, -0.2) is 59.8 Å². The number of amides is 3. The molecule has 0 spiro atoms. The average Bonchev–Trinajstić information content (AvgIpc) is 3.24. The molecule has 172 valence electrons. The zero-order chi connectivity index (χ0) is 25.4. The van der Waals surface area contributed by atoms with Crippen molar-refractivity contribution in [1.82, 2.24) is 15.1 Å². The number of morpholine rings is 1. The van der Waals surface area contributed by atoms with Crippen LogP contribution >= 0.6 is 0 Å². The fraction of sp³-hybridized carbons (Fsp3) is 0.400. The molecule has 0 bridgehead atoms. The van der Waals surface area contributed by atoms with Gasteiger partial charge in [-0.05, 0) is 29.7 Å². The van der Waals surface area contributed by atoms with Gasteiger partial charge < -0.3 is 14.4 Å². The second-order valence-electron chi connectivity index (χ2n) is 8.27. The number of piperidine rings is 1. The van der Waals surface area contributed by atoms with E-state index in [0.717, 1.165) is 43.3 Å². The Morgan fingerprint density at radius 1 is 1.12 bits per heavy atom. The van der Waals surface area contributed by atoms with Gasteiger partial charge in [-0.1, -0.05) is 30.3 Å². The van der Waals surface area contributed by atoms with Gasteiger partial charge in [0, 0.05) is 38.6 Å². The van der Waals surface area contributed by atoms with Crippen molar-refractivity contribution >= 4 is 17.7 Å². The molecule has 2 aromatic carbocycles. The normalized spacial score (nSPS) is 27.2. The zero-order valence-corrected chi connectivity index (χ0v) is 18.2. The third kappa shape index (κ3) is 4.62. The van der Waals surface area contributed by atoms with Gasteiger partial charge >= 0.3 is 0 Å². The molecule has 2 aromatic rings. The van der Waals surface area contributed by atoms with Crippen molar-refractivity contribution in [1.29, 1.82) is 0 Å². The van der Waals surface area contributed by atoms with Gasteiger partial charge in [0.15, 0.2) is 1.41 Å². The van der Waals surface area contributed by atoms with E-state index in [1.165, 1.54) is 5.56 Å². The molecule has 2 unspecified atom stereocenters. The van der Waals surface area contributed by atoms with Crippen LogP contribution in [0.15, 0.2) is 42.5 Å². The Morgan fingerprint density at radius 3 is 2.67 bits per heavy atom. The van der Waals surface area contributed by atoms with Crippen molar-refractivity contribution < 1.29 is 28.0 Å². The zero-order valence-electron chi connectivity index (χ0n) is 21.2. The molecule has 33 heavy (non-hydrogen) atoms. The third-order valence-electron chi connectivity index (χ3n) is 6.06. The number of hydrogen-bond acceptors (Lipinski definition) is 6. The Kier molecular flexibility index (Phi) is 5.15. The maximum Gasteiger partial charge on any atom is 0.255 e. The van der Waals surface area contributed by atoms with E-state index in [-0.39, 0.29) is 24.0 Å². The van der Waals surface area contributed by atoms with Gasteiger partial charge in [-0.25, -0.2) is 0 Å². The van der Waals surface area contributed by atoms with E-state index in [9.17, 15) is 14.4 Å². The number of hydrogen-bond donors (Lipinski definition) is 1. The molecule has 3 aliphatic heterocycles. The van der Waals surface area contributed by atoms with Gasteiger partial charge in [-0.3, -0.25) is 24.6 Å². The van der Waals surface area contributed by atoms with Gasteiger partial charge in [-0.15, -0.1) is 0 Å². The first kappa shape index (κ1) is 18.2. The molecule has 2 atom stereocenters. The van der Waals surface area contributed by atoms with Crippen molar-refractivity contribution in [3.05, 3.63) is 64.7 Å². The third-order valence-corrected chi connectivity index (χ3v) is 6.06. The number of fused-ring (bicyclic) bond motifs is 1. The minimum Gasteiger partial charge on any atom is -0.489 e. The highest BCUT2D eigenvalue weighted by Gasteiger charge is 2.40. The average molecular weight is 453 g/mol. The Hall–Kier alpha value is -3.23. The lowest BCUT2D eigenvalue weighted by atomic mass is 10.0. The molecule has 2 saturated heterocycles. The van der Waals surface area contributed by atoms with E-state index in [1.54, 1.807) is 18.2 Å². The van der Waals surface area contributed by atoms with Crippen LogP contribution in [0.2, 0.25) is 1.41 Å². The number of carbonyl (C=O) groups is 3. The number of nitrogens with zero attached hydrogens (tertiary/aromatic N) is 2. The second kappa shape index (κ2) is 9.33. The van der Waals surface area contributed by atoms with Crippen LogP contribution in [0.1, 0.15) is 42.6 Å². The highest BCUT2D eigenvalue weighted by molar-refractivity contribution is 6.05. The highest BCUT2D eigenvalue weighted by Crippen LogP contribution is 2.34. The summed E-state index contributed by atoms with van der Waals surface area (Å²) in [5, 5.41) is 0.0917. The Labute approximate surface area is 196 Å². The first-order chi connectivity index (χ1) is 17.3. The van der Waals surface area contributed by atoms with E-state index < -0.39 is 36.6 Å². The summed E-state index contributed by atoms with van der Waals surface area (Å²) in [5.74, 6) is -2.19. The molecule has 1 N–H and O–H groups in total. The van der Waals surface area contributed by atoms with Crippen LogP contribution in [0.25, 0.3) is 0 Å². The topological polar surface area (TPSA) is 88.2 Å². The van der Waals surface area contributed by atoms with Crippen LogP contribution in [-0.2, 0) is 34.0 Å². The lowest BCUT2D eigenvalue weighted by Crippen LogP contribution is -2.52. The lowest BCUT2D eigenvalue weighted by Gasteiger charge is -2.29. The van der Waals surface area contributed by atoms with Gasteiger partial charge in [0.1, 0.15) is 18.4 Å². The number of benzene rings is 2. The lowest BCUT2D eigenvalue weighted by molar-refractivity contribution is -0.136. The molecule has 3 heterocycles. The molecule has 3 amide bonds. The fourth-order valence-electron chi connectivity index (χ4n) is 4.27. The second-order valence-corrected chi connectivity index (χ2v) is 8.27. The van der Waals surface area contributed by atoms with E-state index in [1.807, 2.05) is 12.1 Å². The summed E-state index contributed by atoms with van der Waals surface area (Å²) in [6.07, 6.45) is -1.97. The van der Waals surface area contributed by atoms with Crippen LogP contribution in [0.3, 0.4) is 0 Å². The summed E-state index contributed by atoms with van der Waals surface area (Å²) in [4.78, 5) is 40.9. The molecule has 8 heteroatoms. The quantitative estimate of drug-likeness (QED) is 0.674. The fourth-order valence-corrected chi connectivity index (χ4v) is 4.27. The first-order valence-electron chi connectivity index (χ1n) is 12.5. The van der Waals surface area contributed by atoms with Gasteiger partial charge in [0.25, 0.3) is 5.91 Å². The Balaban J connectivity index is 1.29. The van der Waals surface area contributed by atoms with Crippen molar-refractivity contribution in [2.45, 2.75) is 38.5 Å². The number of carbonyl (C=O) groups excluding carboxylic acids is 3. The maximum atomic E-state index is 13.1. The van der Waals surface area contributed by atoms with Crippen molar-refractivity contribution in [3.63, 3.8) is 0 Å². The van der Waals surface area contributed by atoms with E-state index in [0.29, 0.717) is 11.3 Å². The minimum atomic E-state index is -2.36. The molecular weight excluding hydrogens is 422 g/mol. The van der Waals surface area contributed by atoms with Crippen LogP contribution in [0, 0.1) is 0 Å². The Bertz CT molecular complexity index is 1190. The van der Waals surface area contributed by atoms with Gasteiger partial charge in [-0.2, -0.15) is 0 Å². The molecular formula is C25H27N3O5. The van der Waals surface area contributed by atoms with E-state index in [4.69, 9.17) is 13.6 Å². The Morgan fingerprint density at radius 2 is 1.88 bits per heavy atom. The van der Waals surface area contributed by atoms with Crippen molar-refractivity contribution in [2.75, 3.05) is 26.3 Å². The maximum absolute atomic E-state index is 13.1. The summed E-state index contributed by atoms with van der Waals surface area (Å²) >= 11 is 0. The van der Waals surface area contributed by atoms with Crippen LogP contribution in [0.5, 0.6) is 5.75 Å². The number of imide groups is 1. The molecule has 0 radical (unpaired) electrons. The molecule has 3 aliphatic rings. The summed E-state index contributed by atoms with van der Waals surface area (Å²) < 4.78 is 36.0. The largest absolute Gasteiger partial charge is 0.489 e. The molecule has 0 saturated carbocycles. The highest BCUT2D eigenvalue weighted by atomic mass is 16.5. The summed E-state index contributed by atoms with van der Waals surface area (Å²) in [5.41, 5.74) is 2.96. The number of nitrogens with one attached hydrogen (secondary N) is 1. The van der Waals surface area contributed by atoms with E-state index >= 15 is 0 Å². The van der Waals surface area contributed by atoms with Crippen LogP contribution < -0.4 is 10.0 Å². The van der Waals surface area contributed by atoms with Crippen molar-refractivity contribution in [2.24, 2.45) is 0 Å². The standard InChI is InChI=1S/C25H27N3O5/c29-23-9-8-21(24(30)26-23)28-15-20-19(25(28)31)2-1-3-22(20)33-16-18-6-4-17(5-7-18)14-27-10-12-32-13-11-27/h1-7,21H,8-16H2,(H,26,29,30)/i8D,21D/hD. The van der Waals surface area contributed by atoms with E-state index in [2.05, 4.69) is 17.0 Å². The SMILES string of the molecule is [2H]C1CC(=O)N([2H])C(=O)C1([2H])N1Cc2c(OCc3ccc(CN4CCOCC4)cc3)cccc2C1=O. The number of ether oxygens (including phenoxy) is 2. The summed E-state index contributed by atoms with van der Waals surface area (Å²) in [7, 11) is 0. The predicted molar refractivity (Wildman–Crippen MR) is 119 cm³/mol. The minimum absolute atomic E-state index is 0.0917. The van der Waals surface area contributed by atoms with Gasteiger partial charge in [0.2, 0.25) is 11.8 Å². The predicted octanol–water partition coefficient (Wildman–Crippen LogP) is 1.86. The number of rotatable bonds is 6. The van der Waals surface area contributed by atoms with Crippen molar-refractivity contribution in [3.8, 4) is 5.75 Å². The first-order valence-corrected chi connectivity index (χ1v) is 11.0. The summed E-state index contributed by atoms with van der Waals surface area (Å²) in [6, 6.07) is 10.7. The molecule has 5 rings (SSSR count).